The standard InChI is InChI=1S/C23H21F3O3/c1-2-3-19(27)17-9-11-21(23(26)22(17)25)29-13-14-4-6-15(7-5-14)16-8-10-20(28)18(24)12-16/h4-12,19,27-28H,2-3,13H2,1H3. The van der Waals surface area contributed by atoms with Crippen molar-refractivity contribution in [3.05, 3.63) is 83.2 Å². The molecule has 3 rings (SSSR count). The maximum Gasteiger partial charge on any atom is 0.201 e. The van der Waals surface area contributed by atoms with Gasteiger partial charge in [0.15, 0.2) is 23.1 Å². The van der Waals surface area contributed by atoms with E-state index in [4.69, 9.17) is 4.74 Å². The van der Waals surface area contributed by atoms with Crippen LogP contribution >= 0.6 is 0 Å². The lowest BCUT2D eigenvalue weighted by Gasteiger charge is -2.14. The Labute approximate surface area is 167 Å². The van der Waals surface area contributed by atoms with Gasteiger partial charge in [-0.15, -0.1) is 0 Å². The number of aliphatic hydroxyl groups is 1. The van der Waals surface area contributed by atoms with Crippen molar-refractivity contribution in [2.24, 2.45) is 0 Å². The third kappa shape index (κ3) is 4.71. The van der Waals surface area contributed by atoms with Crippen molar-refractivity contribution >= 4 is 0 Å². The number of hydrogen-bond acceptors (Lipinski definition) is 3. The summed E-state index contributed by atoms with van der Waals surface area (Å²) in [5.41, 5.74) is 1.96. The maximum atomic E-state index is 14.3. The predicted octanol–water partition coefficient (Wildman–Crippen LogP) is 5.89. The summed E-state index contributed by atoms with van der Waals surface area (Å²) in [6.07, 6.45) is -0.0676. The number of phenolic OH excluding ortho intramolecular Hbond substituents is 1. The van der Waals surface area contributed by atoms with Gasteiger partial charge in [-0.05, 0) is 47.4 Å². The molecule has 0 amide bonds. The van der Waals surface area contributed by atoms with Crippen LogP contribution in [0.1, 0.15) is 37.0 Å². The molecule has 0 heterocycles. The molecule has 0 radical (unpaired) electrons. The lowest BCUT2D eigenvalue weighted by Crippen LogP contribution is -2.05. The number of aliphatic hydroxyl groups excluding tert-OH is 1. The fourth-order valence-corrected chi connectivity index (χ4v) is 2.99. The second kappa shape index (κ2) is 9.01. The van der Waals surface area contributed by atoms with E-state index >= 15 is 0 Å². The monoisotopic (exact) mass is 402 g/mol. The van der Waals surface area contributed by atoms with Crippen LogP contribution in [0, 0.1) is 17.5 Å². The minimum Gasteiger partial charge on any atom is -0.505 e. The smallest absolute Gasteiger partial charge is 0.201 e. The molecule has 152 valence electrons. The average molecular weight is 402 g/mol. The number of benzene rings is 3. The molecule has 29 heavy (non-hydrogen) atoms. The summed E-state index contributed by atoms with van der Waals surface area (Å²) >= 11 is 0. The topological polar surface area (TPSA) is 49.7 Å². The van der Waals surface area contributed by atoms with E-state index in [1.165, 1.54) is 24.3 Å². The van der Waals surface area contributed by atoms with Gasteiger partial charge in [0.25, 0.3) is 0 Å². The average Bonchev–Trinajstić information content (AvgIpc) is 2.72. The number of halogens is 3. The Kier molecular flexibility index (Phi) is 6.44. The van der Waals surface area contributed by atoms with Gasteiger partial charge in [0.1, 0.15) is 6.61 Å². The molecule has 0 bridgehead atoms. The van der Waals surface area contributed by atoms with Crippen LogP contribution in [0.5, 0.6) is 11.5 Å². The first-order valence-electron chi connectivity index (χ1n) is 9.27. The molecular formula is C23H21F3O3. The molecule has 2 N–H and O–H groups in total. The number of aromatic hydroxyl groups is 1. The normalized spacial score (nSPS) is 12.0. The Morgan fingerprint density at radius 3 is 2.24 bits per heavy atom. The van der Waals surface area contributed by atoms with Gasteiger partial charge in [0, 0.05) is 5.56 Å². The quantitative estimate of drug-likeness (QED) is 0.518. The molecule has 0 aliphatic heterocycles. The number of rotatable bonds is 7. The summed E-state index contributed by atoms with van der Waals surface area (Å²) in [7, 11) is 0. The van der Waals surface area contributed by atoms with Crippen molar-refractivity contribution in [1.82, 2.24) is 0 Å². The van der Waals surface area contributed by atoms with Crippen LogP contribution in [-0.4, -0.2) is 10.2 Å². The fraction of sp³-hybridized carbons (Fsp3) is 0.217. The summed E-state index contributed by atoms with van der Waals surface area (Å²) < 4.78 is 47.3. The van der Waals surface area contributed by atoms with E-state index in [0.717, 1.165) is 5.56 Å². The Hall–Kier alpha value is -2.99. The van der Waals surface area contributed by atoms with Gasteiger partial charge in [-0.1, -0.05) is 43.7 Å². The van der Waals surface area contributed by atoms with Gasteiger partial charge >= 0.3 is 0 Å². The van der Waals surface area contributed by atoms with Crippen LogP contribution < -0.4 is 4.74 Å². The highest BCUT2D eigenvalue weighted by atomic mass is 19.2. The van der Waals surface area contributed by atoms with Crippen molar-refractivity contribution in [1.29, 1.82) is 0 Å². The summed E-state index contributed by atoms with van der Waals surface area (Å²) in [6, 6.07) is 13.7. The molecule has 3 aromatic carbocycles. The largest absolute Gasteiger partial charge is 0.505 e. The van der Waals surface area contributed by atoms with E-state index in [1.807, 2.05) is 6.92 Å². The van der Waals surface area contributed by atoms with E-state index < -0.39 is 29.3 Å². The van der Waals surface area contributed by atoms with Crippen molar-refractivity contribution in [2.45, 2.75) is 32.5 Å². The molecule has 0 aliphatic rings. The van der Waals surface area contributed by atoms with Crippen molar-refractivity contribution in [2.75, 3.05) is 0 Å². The predicted molar refractivity (Wildman–Crippen MR) is 104 cm³/mol. The van der Waals surface area contributed by atoms with E-state index in [9.17, 15) is 23.4 Å². The zero-order chi connectivity index (χ0) is 21.0. The Balaban J connectivity index is 1.70. The highest BCUT2D eigenvalue weighted by molar-refractivity contribution is 5.64. The van der Waals surface area contributed by atoms with Gasteiger partial charge in [-0.2, -0.15) is 4.39 Å². The van der Waals surface area contributed by atoms with Crippen LogP contribution in [0.25, 0.3) is 11.1 Å². The van der Waals surface area contributed by atoms with E-state index in [1.54, 1.807) is 30.3 Å². The molecule has 6 heteroatoms. The van der Waals surface area contributed by atoms with Crippen LogP contribution in [0.15, 0.2) is 54.6 Å². The Morgan fingerprint density at radius 1 is 0.897 bits per heavy atom. The number of hydrogen-bond donors (Lipinski definition) is 2. The molecule has 0 spiro atoms. The minimum absolute atomic E-state index is 0.0113. The van der Waals surface area contributed by atoms with Crippen LogP contribution in [0.3, 0.4) is 0 Å². The van der Waals surface area contributed by atoms with E-state index in [2.05, 4.69) is 0 Å². The Morgan fingerprint density at radius 2 is 1.59 bits per heavy atom. The summed E-state index contributed by atoms with van der Waals surface area (Å²) in [6.45, 7) is 1.86. The Bertz CT molecular complexity index is 987. The van der Waals surface area contributed by atoms with Crippen molar-refractivity contribution < 1.29 is 28.1 Å². The van der Waals surface area contributed by atoms with Crippen LogP contribution in [-0.2, 0) is 6.61 Å². The molecule has 0 aliphatic carbocycles. The minimum atomic E-state index is -1.13. The van der Waals surface area contributed by atoms with Crippen LogP contribution in [0.4, 0.5) is 13.2 Å². The maximum absolute atomic E-state index is 14.3. The third-order valence-electron chi connectivity index (χ3n) is 4.63. The summed E-state index contributed by atoms with van der Waals surface area (Å²) in [5, 5.41) is 19.2. The van der Waals surface area contributed by atoms with E-state index in [-0.39, 0.29) is 17.9 Å². The van der Waals surface area contributed by atoms with Gasteiger partial charge in [0.2, 0.25) is 5.82 Å². The molecular weight excluding hydrogens is 381 g/mol. The molecule has 0 fully saturated rings. The zero-order valence-electron chi connectivity index (χ0n) is 15.8. The van der Waals surface area contributed by atoms with Crippen molar-refractivity contribution in [3.63, 3.8) is 0 Å². The third-order valence-corrected chi connectivity index (χ3v) is 4.63. The first kappa shape index (κ1) is 20.7. The molecule has 1 unspecified atom stereocenters. The SMILES string of the molecule is CCCC(O)c1ccc(OCc2ccc(-c3ccc(O)c(F)c3)cc2)c(F)c1F. The van der Waals surface area contributed by atoms with Gasteiger partial charge in [-0.3, -0.25) is 0 Å². The van der Waals surface area contributed by atoms with Gasteiger partial charge in [0.05, 0.1) is 6.10 Å². The molecule has 0 saturated heterocycles. The molecule has 3 aromatic rings. The molecule has 0 saturated carbocycles. The van der Waals surface area contributed by atoms with E-state index in [0.29, 0.717) is 24.0 Å². The van der Waals surface area contributed by atoms with Gasteiger partial charge < -0.3 is 14.9 Å². The second-order valence-corrected chi connectivity index (χ2v) is 6.74. The van der Waals surface area contributed by atoms with Gasteiger partial charge in [-0.25, -0.2) is 8.78 Å². The highest BCUT2D eigenvalue weighted by Crippen LogP contribution is 2.29. The fourth-order valence-electron chi connectivity index (χ4n) is 2.99. The van der Waals surface area contributed by atoms with Crippen molar-refractivity contribution in [3.8, 4) is 22.6 Å². The summed E-state index contributed by atoms with van der Waals surface area (Å²) in [4.78, 5) is 0. The lowest BCUT2D eigenvalue weighted by molar-refractivity contribution is 0.160. The molecule has 1 atom stereocenters. The molecule has 0 aromatic heterocycles. The zero-order valence-corrected chi connectivity index (χ0v) is 15.8. The number of ether oxygens (including phenoxy) is 1. The lowest BCUT2D eigenvalue weighted by atomic mass is 10.0. The summed E-state index contributed by atoms with van der Waals surface area (Å²) in [5.74, 6) is -3.59. The molecule has 3 nitrogen and oxygen atoms in total. The first-order valence-corrected chi connectivity index (χ1v) is 9.27. The second-order valence-electron chi connectivity index (χ2n) is 6.74. The first-order chi connectivity index (χ1) is 13.9. The number of phenols is 1. The van der Waals surface area contributed by atoms with Crippen LogP contribution in [0.2, 0.25) is 0 Å². The highest BCUT2D eigenvalue weighted by Gasteiger charge is 2.19.